The van der Waals surface area contributed by atoms with Gasteiger partial charge in [0.2, 0.25) is 23.5 Å². The Hall–Kier alpha value is -3.48. The van der Waals surface area contributed by atoms with Crippen molar-refractivity contribution in [3.8, 4) is 0 Å². The molecule has 2 fully saturated rings. The number of rotatable bonds is 14. The first kappa shape index (κ1) is 38.3. The number of carbonyl (C=O) groups excluding carboxylic acids is 5. The fraction of sp³-hybridized carbons (Fsp3) is 0.639. The maximum Gasteiger partial charge on any atom is 0.289 e. The van der Waals surface area contributed by atoms with Gasteiger partial charge >= 0.3 is 0 Å². The maximum atomic E-state index is 14.5. The predicted molar refractivity (Wildman–Crippen MR) is 186 cm³/mol. The second kappa shape index (κ2) is 17.0. The van der Waals surface area contributed by atoms with Gasteiger partial charge in [-0.3, -0.25) is 34.3 Å². The minimum absolute atomic E-state index is 0.00988. The third kappa shape index (κ3) is 10.0. The number of carbonyl (C=O) groups is 5. The molecule has 4 N–H and O–H groups in total. The van der Waals surface area contributed by atoms with Crippen LogP contribution in [0.15, 0.2) is 30.3 Å². The van der Waals surface area contributed by atoms with Crippen LogP contribution in [0.5, 0.6) is 0 Å². The van der Waals surface area contributed by atoms with E-state index in [1.54, 1.807) is 12.1 Å². The molecule has 1 spiro atoms. The fourth-order valence-corrected chi connectivity index (χ4v) is 7.04. The Kier molecular flexibility index (Phi) is 13.3. The van der Waals surface area contributed by atoms with Crippen LogP contribution in [0.4, 0.5) is 0 Å². The lowest BCUT2D eigenvalue weighted by atomic mass is 9.84. The highest BCUT2D eigenvalue weighted by Gasteiger charge is 2.54. The van der Waals surface area contributed by atoms with E-state index >= 15 is 0 Å². The van der Waals surface area contributed by atoms with Gasteiger partial charge in [0, 0.05) is 37.1 Å². The molecule has 270 valence electrons. The van der Waals surface area contributed by atoms with E-state index in [1.807, 2.05) is 45.9 Å². The summed E-state index contributed by atoms with van der Waals surface area (Å²) < 4.78 is 4.95. The molecule has 1 saturated heterocycles. The molecule has 13 heteroatoms. The van der Waals surface area contributed by atoms with Crippen LogP contribution < -0.4 is 21.4 Å². The molecule has 1 aromatic carbocycles. The molecule has 4 amide bonds. The van der Waals surface area contributed by atoms with E-state index < -0.39 is 52.6 Å². The molecular weight excluding hydrogens is 650 g/mol. The van der Waals surface area contributed by atoms with Crippen LogP contribution in [-0.2, 0) is 33.5 Å². The SMILES string of the molecule is CCC[C@H](NC(=O)[C@@H]1C[C@]2(C=C(c3cccc(Cl)c3)NO2)CN1C(=O)[C@@H](NC(=O)CC1CCCCC1)C(C)(C)C)C(=O)C(=O)NCCOC. The van der Waals surface area contributed by atoms with Crippen molar-refractivity contribution in [2.24, 2.45) is 11.3 Å². The monoisotopic (exact) mass is 701 g/mol. The number of ketones is 1. The van der Waals surface area contributed by atoms with Gasteiger partial charge in [0.1, 0.15) is 17.7 Å². The summed E-state index contributed by atoms with van der Waals surface area (Å²) in [4.78, 5) is 75.3. The first-order valence-electron chi connectivity index (χ1n) is 17.4. The van der Waals surface area contributed by atoms with Crippen LogP contribution in [0.2, 0.25) is 5.02 Å². The number of nitrogens with one attached hydrogen (secondary N) is 4. The molecule has 3 aliphatic rings. The van der Waals surface area contributed by atoms with Crippen molar-refractivity contribution in [1.82, 2.24) is 26.3 Å². The molecule has 0 radical (unpaired) electrons. The normalized spacial score (nSPS) is 22.2. The van der Waals surface area contributed by atoms with Gasteiger partial charge in [-0.15, -0.1) is 0 Å². The third-order valence-corrected chi connectivity index (χ3v) is 9.72. The lowest BCUT2D eigenvalue weighted by Crippen LogP contribution is -2.59. The van der Waals surface area contributed by atoms with Crippen molar-refractivity contribution in [1.29, 1.82) is 0 Å². The lowest BCUT2D eigenvalue weighted by molar-refractivity contribution is -0.145. The summed E-state index contributed by atoms with van der Waals surface area (Å²) in [6, 6.07) is 4.13. The van der Waals surface area contributed by atoms with Crippen molar-refractivity contribution < 1.29 is 33.5 Å². The molecule has 12 nitrogen and oxygen atoms in total. The van der Waals surface area contributed by atoms with Crippen molar-refractivity contribution in [3.05, 3.63) is 40.9 Å². The molecule has 1 saturated carbocycles. The first-order valence-corrected chi connectivity index (χ1v) is 17.8. The number of hydrogen-bond donors (Lipinski definition) is 4. The Morgan fingerprint density at radius 3 is 2.51 bits per heavy atom. The molecule has 1 aromatic rings. The summed E-state index contributed by atoms with van der Waals surface area (Å²) in [5.41, 5.74) is 2.58. The van der Waals surface area contributed by atoms with Crippen LogP contribution in [0.1, 0.15) is 91.0 Å². The zero-order chi connectivity index (χ0) is 35.8. The minimum Gasteiger partial charge on any atom is -0.383 e. The number of Topliss-reactive ketones (excluding diaryl/α,β-unsaturated/α-hetero) is 1. The van der Waals surface area contributed by atoms with Gasteiger partial charge < -0.3 is 25.6 Å². The van der Waals surface area contributed by atoms with Crippen LogP contribution in [0.3, 0.4) is 0 Å². The van der Waals surface area contributed by atoms with Gasteiger partial charge in [0.25, 0.3) is 5.91 Å². The summed E-state index contributed by atoms with van der Waals surface area (Å²) in [5.74, 6) is -2.52. The van der Waals surface area contributed by atoms with Crippen LogP contribution in [0, 0.1) is 11.3 Å². The predicted octanol–water partition coefficient (Wildman–Crippen LogP) is 3.67. The Morgan fingerprint density at radius 1 is 1.12 bits per heavy atom. The van der Waals surface area contributed by atoms with Gasteiger partial charge in [0.05, 0.1) is 24.9 Å². The second-order valence-electron chi connectivity index (χ2n) is 14.6. The number of hydrogen-bond acceptors (Lipinski definition) is 8. The molecule has 0 aromatic heterocycles. The van der Waals surface area contributed by atoms with E-state index in [4.69, 9.17) is 21.2 Å². The minimum atomic E-state index is -1.10. The van der Waals surface area contributed by atoms with E-state index in [1.165, 1.54) is 18.4 Å². The zero-order valence-corrected chi connectivity index (χ0v) is 30.1. The van der Waals surface area contributed by atoms with Gasteiger partial charge in [0.15, 0.2) is 0 Å². The van der Waals surface area contributed by atoms with Crippen molar-refractivity contribution in [3.63, 3.8) is 0 Å². The van der Waals surface area contributed by atoms with E-state index in [0.29, 0.717) is 23.6 Å². The molecular formula is C36H52ClN5O7. The Morgan fingerprint density at radius 2 is 1.86 bits per heavy atom. The van der Waals surface area contributed by atoms with Crippen LogP contribution in [0.25, 0.3) is 5.70 Å². The maximum absolute atomic E-state index is 14.5. The molecule has 0 unspecified atom stereocenters. The summed E-state index contributed by atoms with van der Waals surface area (Å²) in [6.07, 6.45) is 8.37. The number of methoxy groups -OCH3 is 1. The quantitative estimate of drug-likeness (QED) is 0.169. The van der Waals surface area contributed by atoms with Crippen molar-refractivity contribution in [2.45, 2.75) is 109 Å². The molecule has 4 atom stereocenters. The van der Waals surface area contributed by atoms with Gasteiger partial charge in [-0.25, -0.2) is 0 Å². The summed E-state index contributed by atoms with van der Waals surface area (Å²) >= 11 is 6.24. The highest BCUT2D eigenvalue weighted by Crippen LogP contribution is 2.39. The summed E-state index contributed by atoms with van der Waals surface area (Å²) in [5, 5.41) is 8.84. The summed E-state index contributed by atoms with van der Waals surface area (Å²) in [6.45, 7) is 7.86. The Balaban J connectivity index is 1.61. The zero-order valence-electron chi connectivity index (χ0n) is 29.4. The molecule has 2 heterocycles. The summed E-state index contributed by atoms with van der Waals surface area (Å²) in [7, 11) is 1.48. The lowest BCUT2D eigenvalue weighted by Gasteiger charge is -2.36. The molecule has 0 bridgehead atoms. The number of ether oxygens (including phenoxy) is 1. The highest BCUT2D eigenvalue weighted by atomic mass is 35.5. The smallest absolute Gasteiger partial charge is 0.289 e. The van der Waals surface area contributed by atoms with E-state index in [2.05, 4.69) is 21.4 Å². The van der Waals surface area contributed by atoms with Gasteiger partial charge in [-0.1, -0.05) is 77.1 Å². The number of hydroxylamine groups is 1. The molecule has 1 aliphatic carbocycles. The Bertz CT molecular complexity index is 1410. The van der Waals surface area contributed by atoms with E-state index in [-0.39, 0.29) is 44.4 Å². The fourth-order valence-electron chi connectivity index (χ4n) is 6.85. The van der Waals surface area contributed by atoms with Gasteiger partial charge in [-0.2, -0.15) is 0 Å². The first-order chi connectivity index (χ1) is 23.3. The molecule has 2 aliphatic heterocycles. The second-order valence-corrected chi connectivity index (χ2v) is 15.0. The number of amides is 4. The topological polar surface area (TPSA) is 155 Å². The number of likely N-dealkylation sites (tertiary alicyclic amines) is 1. The van der Waals surface area contributed by atoms with Gasteiger partial charge in [-0.05, 0) is 48.8 Å². The largest absolute Gasteiger partial charge is 0.383 e. The Labute approximate surface area is 294 Å². The average Bonchev–Trinajstić information content (AvgIpc) is 3.66. The van der Waals surface area contributed by atoms with Crippen LogP contribution >= 0.6 is 11.6 Å². The van der Waals surface area contributed by atoms with Crippen LogP contribution in [-0.4, -0.2) is 84.8 Å². The standard InChI is InChI=1S/C36H52ClN5O7/c1-6-11-26(30(44)33(46)38-16-17-48-5)39-32(45)28-21-36(20-27(41-49-36)24-14-10-15-25(37)19-24)22-42(28)34(47)31(35(2,3)4)40-29(43)18-23-12-8-7-9-13-23/h10,14-15,19-20,23,26,28,31,41H,6-9,11-13,16-18,21-22H2,1-5H3,(H,38,46)(H,39,45)(H,40,43)/t26-,28-,31+,36+/m0/s1. The number of benzene rings is 1. The number of halogens is 1. The van der Waals surface area contributed by atoms with E-state index in [0.717, 1.165) is 31.2 Å². The van der Waals surface area contributed by atoms with Crippen molar-refractivity contribution in [2.75, 3.05) is 26.8 Å². The van der Waals surface area contributed by atoms with Crippen molar-refractivity contribution >= 4 is 46.7 Å². The third-order valence-electron chi connectivity index (χ3n) is 9.49. The molecule has 49 heavy (non-hydrogen) atoms. The van der Waals surface area contributed by atoms with E-state index in [9.17, 15) is 24.0 Å². The highest BCUT2D eigenvalue weighted by molar-refractivity contribution is 6.38. The number of nitrogens with zero attached hydrogens (tertiary/aromatic N) is 1. The molecule has 4 rings (SSSR count). The average molecular weight is 702 g/mol.